The van der Waals surface area contributed by atoms with Crippen LogP contribution in [0, 0.1) is 18.8 Å². The molecule has 2 heterocycles. The number of ether oxygens (including phenoxy) is 1. The van der Waals surface area contributed by atoms with Crippen molar-refractivity contribution in [3.63, 3.8) is 0 Å². The Morgan fingerprint density at radius 1 is 1.12 bits per heavy atom. The van der Waals surface area contributed by atoms with Gasteiger partial charge >= 0.3 is 12.2 Å². The van der Waals surface area contributed by atoms with Gasteiger partial charge in [0, 0.05) is 10.3 Å². The van der Waals surface area contributed by atoms with Crippen molar-refractivity contribution in [2.75, 3.05) is 5.32 Å². The normalized spacial score (nSPS) is 10.7. The van der Waals surface area contributed by atoms with Gasteiger partial charge in [0.15, 0.2) is 0 Å². The average Bonchev–Trinajstić information content (AvgIpc) is 3.40. The zero-order valence-corrected chi connectivity index (χ0v) is 18.1. The van der Waals surface area contributed by atoms with Crippen LogP contribution in [0.25, 0.3) is 10.1 Å². The molecule has 7 nitrogen and oxygen atoms in total. The summed E-state index contributed by atoms with van der Waals surface area (Å²) >= 11 is 1.67. The van der Waals surface area contributed by atoms with E-state index in [0.717, 1.165) is 11.1 Å². The first-order chi connectivity index (χ1) is 15.5. The second kappa shape index (κ2) is 10.7. The van der Waals surface area contributed by atoms with Gasteiger partial charge in [0.1, 0.15) is 17.5 Å². The van der Waals surface area contributed by atoms with Crippen LogP contribution in [0.15, 0.2) is 64.5 Å². The van der Waals surface area contributed by atoms with Crippen LogP contribution in [0.5, 0.6) is 0 Å². The molecule has 0 fully saturated rings. The zero-order valence-electron chi connectivity index (χ0n) is 17.2. The maximum Gasteiger partial charge on any atom is 0.412 e. The first kappa shape index (κ1) is 22.5. The van der Waals surface area contributed by atoms with Gasteiger partial charge in [-0.05, 0) is 54.3 Å². The number of nitrogens with zero attached hydrogens (tertiary/aromatic N) is 1. The number of fused-ring (bicyclic) bond motifs is 1. The van der Waals surface area contributed by atoms with Crippen molar-refractivity contribution in [2.45, 2.75) is 20.0 Å². The average molecular weight is 446 g/mol. The van der Waals surface area contributed by atoms with Crippen LogP contribution in [-0.2, 0) is 14.3 Å². The summed E-state index contributed by atoms with van der Waals surface area (Å²) in [5, 5.41) is 9.85. The molecule has 1 unspecified atom stereocenters. The van der Waals surface area contributed by atoms with E-state index in [1.807, 2.05) is 60.8 Å². The van der Waals surface area contributed by atoms with Gasteiger partial charge in [-0.25, -0.2) is 4.79 Å². The predicted molar refractivity (Wildman–Crippen MR) is 119 cm³/mol. The standard InChI is InChI=1S/C23H18N2O3S.CO2/c1-15-22(24-23(26)27-16(2)18-6-4-3-5-7-18)20(28-25-15)11-9-17-8-10-19-12-13-29-21(19)14-17;2-1-3/h3-8,10,12-14,16H,1-2H3,(H,24,26);. The molecule has 1 amide bonds. The Bertz CT molecular complexity index is 1310. The van der Waals surface area contributed by atoms with E-state index in [9.17, 15) is 4.79 Å². The molecule has 0 radical (unpaired) electrons. The van der Waals surface area contributed by atoms with Crippen molar-refractivity contribution in [3.05, 3.63) is 82.6 Å². The number of thiophene rings is 1. The molecule has 1 atom stereocenters. The number of carbonyl (C=O) groups excluding carboxylic acids is 3. The highest BCUT2D eigenvalue weighted by Crippen LogP contribution is 2.23. The fraction of sp³-hybridized carbons (Fsp3) is 0.125. The molecule has 160 valence electrons. The number of aryl methyl sites for hydroxylation is 1. The van der Waals surface area contributed by atoms with Gasteiger partial charge in [0.25, 0.3) is 0 Å². The molecular formula is C24H18N2O5S. The number of aromatic nitrogens is 1. The number of anilines is 1. The van der Waals surface area contributed by atoms with Gasteiger partial charge in [0.2, 0.25) is 5.76 Å². The highest BCUT2D eigenvalue weighted by atomic mass is 32.1. The first-order valence-corrected chi connectivity index (χ1v) is 10.4. The summed E-state index contributed by atoms with van der Waals surface area (Å²) in [6.07, 6.45) is -0.723. The Labute approximate surface area is 188 Å². The van der Waals surface area contributed by atoms with Crippen LogP contribution < -0.4 is 5.32 Å². The Balaban J connectivity index is 0.000000913. The largest absolute Gasteiger partial charge is 0.441 e. The second-order valence-electron chi connectivity index (χ2n) is 6.56. The third-order valence-corrected chi connectivity index (χ3v) is 5.30. The molecule has 0 saturated carbocycles. The minimum absolute atomic E-state index is 0.250. The van der Waals surface area contributed by atoms with Crippen LogP contribution in [0.1, 0.15) is 35.6 Å². The summed E-state index contributed by atoms with van der Waals surface area (Å²) in [7, 11) is 0. The van der Waals surface area contributed by atoms with E-state index in [4.69, 9.17) is 18.8 Å². The summed E-state index contributed by atoms with van der Waals surface area (Å²) in [6.45, 7) is 3.56. The van der Waals surface area contributed by atoms with Crippen molar-refractivity contribution in [2.24, 2.45) is 0 Å². The summed E-state index contributed by atoms with van der Waals surface area (Å²) in [6, 6.07) is 17.6. The fourth-order valence-corrected chi connectivity index (χ4v) is 3.68. The molecule has 0 spiro atoms. The van der Waals surface area contributed by atoms with Gasteiger partial charge in [-0.2, -0.15) is 9.59 Å². The molecule has 1 N–H and O–H groups in total. The van der Waals surface area contributed by atoms with Crippen LogP contribution in [-0.4, -0.2) is 17.4 Å². The van der Waals surface area contributed by atoms with Crippen LogP contribution in [0.2, 0.25) is 0 Å². The molecule has 0 aliphatic heterocycles. The molecule has 4 rings (SSSR count). The van der Waals surface area contributed by atoms with E-state index in [1.165, 1.54) is 10.1 Å². The Hall–Kier alpha value is -4.18. The number of amides is 1. The Morgan fingerprint density at radius 2 is 1.88 bits per heavy atom. The first-order valence-electron chi connectivity index (χ1n) is 9.49. The molecule has 8 heteroatoms. The number of nitrogens with one attached hydrogen (secondary N) is 1. The summed E-state index contributed by atoms with van der Waals surface area (Å²) in [5.41, 5.74) is 2.72. The van der Waals surface area contributed by atoms with E-state index in [2.05, 4.69) is 28.4 Å². The number of carbonyl (C=O) groups is 1. The van der Waals surface area contributed by atoms with Crippen molar-refractivity contribution < 1.29 is 23.6 Å². The molecule has 0 aliphatic rings. The van der Waals surface area contributed by atoms with Gasteiger partial charge in [0.05, 0.1) is 0 Å². The van der Waals surface area contributed by atoms with Gasteiger partial charge in [-0.3, -0.25) is 5.32 Å². The summed E-state index contributed by atoms with van der Waals surface area (Å²) in [5.74, 6) is 6.31. The minimum atomic E-state index is -0.587. The van der Waals surface area contributed by atoms with Crippen LogP contribution in [0.3, 0.4) is 0 Å². The lowest BCUT2D eigenvalue weighted by Crippen LogP contribution is -2.16. The van der Waals surface area contributed by atoms with Crippen LogP contribution in [0.4, 0.5) is 10.5 Å². The molecule has 0 aliphatic carbocycles. The van der Waals surface area contributed by atoms with Crippen molar-refractivity contribution in [3.8, 4) is 11.8 Å². The lowest BCUT2D eigenvalue weighted by molar-refractivity contribution is -0.191. The smallest absolute Gasteiger partial charge is 0.412 e. The topological polar surface area (TPSA) is 98.5 Å². The second-order valence-corrected chi connectivity index (χ2v) is 7.51. The number of hydrogen-bond donors (Lipinski definition) is 1. The fourth-order valence-electron chi connectivity index (χ4n) is 2.85. The van der Waals surface area contributed by atoms with Crippen molar-refractivity contribution in [1.82, 2.24) is 5.16 Å². The monoisotopic (exact) mass is 446 g/mol. The van der Waals surface area contributed by atoms with E-state index in [1.54, 1.807) is 18.3 Å². The summed E-state index contributed by atoms with van der Waals surface area (Å²) in [4.78, 5) is 28.6. The Kier molecular flexibility index (Phi) is 7.55. The molecule has 32 heavy (non-hydrogen) atoms. The van der Waals surface area contributed by atoms with Gasteiger partial charge in [-0.1, -0.05) is 47.5 Å². The number of rotatable bonds is 3. The van der Waals surface area contributed by atoms with E-state index < -0.39 is 6.09 Å². The maximum absolute atomic E-state index is 12.3. The molecule has 2 aromatic heterocycles. The van der Waals surface area contributed by atoms with E-state index in [-0.39, 0.29) is 18.0 Å². The third kappa shape index (κ3) is 5.70. The maximum atomic E-state index is 12.3. The predicted octanol–water partition coefficient (Wildman–Crippen LogP) is 5.32. The molecule has 2 aromatic carbocycles. The summed E-state index contributed by atoms with van der Waals surface area (Å²) < 4.78 is 11.9. The molecule has 0 bridgehead atoms. The van der Waals surface area contributed by atoms with Crippen LogP contribution >= 0.6 is 11.3 Å². The quantitative estimate of drug-likeness (QED) is 0.428. The zero-order chi connectivity index (χ0) is 22.9. The van der Waals surface area contributed by atoms with Gasteiger partial charge in [-0.15, -0.1) is 11.3 Å². The molecule has 0 saturated heterocycles. The van der Waals surface area contributed by atoms with E-state index >= 15 is 0 Å². The SMILES string of the molecule is Cc1noc(C#Cc2ccc3ccsc3c2)c1NC(=O)OC(C)c1ccccc1.O=C=O. The highest BCUT2D eigenvalue weighted by molar-refractivity contribution is 7.17. The molecular weight excluding hydrogens is 428 g/mol. The van der Waals surface area contributed by atoms with Gasteiger partial charge < -0.3 is 9.26 Å². The number of hydrogen-bond acceptors (Lipinski definition) is 7. The van der Waals surface area contributed by atoms with Crippen molar-refractivity contribution in [1.29, 1.82) is 0 Å². The lowest BCUT2D eigenvalue weighted by atomic mass is 10.1. The third-order valence-electron chi connectivity index (χ3n) is 4.42. The van der Waals surface area contributed by atoms with E-state index in [0.29, 0.717) is 11.4 Å². The highest BCUT2D eigenvalue weighted by Gasteiger charge is 2.17. The lowest BCUT2D eigenvalue weighted by Gasteiger charge is -2.13. The molecule has 4 aromatic rings. The Morgan fingerprint density at radius 3 is 2.62 bits per heavy atom. The minimum Gasteiger partial charge on any atom is -0.441 e. The number of benzene rings is 2. The van der Waals surface area contributed by atoms with Crippen molar-refractivity contribution >= 4 is 39.4 Å².